The first-order chi connectivity index (χ1) is 17.5. The van der Waals surface area contributed by atoms with Gasteiger partial charge in [0, 0.05) is 13.5 Å². The molecule has 6 heteroatoms. The highest BCUT2D eigenvalue weighted by molar-refractivity contribution is 5.96. The first-order valence-electron chi connectivity index (χ1n) is 12.4. The van der Waals surface area contributed by atoms with Gasteiger partial charge < -0.3 is 18.9 Å². The molecule has 4 rings (SSSR count). The predicted octanol–water partition coefficient (Wildman–Crippen LogP) is 5.57. The minimum absolute atomic E-state index is 0.0164. The third-order valence-corrected chi connectivity index (χ3v) is 6.61. The summed E-state index contributed by atoms with van der Waals surface area (Å²) in [7, 11) is 3.34. The van der Waals surface area contributed by atoms with Gasteiger partial charge in [-0.15, -0.1) is 0 Å². The van der Waals surface area contributed by atoms with E-state index in [2.05, 4.69) is 36.6 Å². The Morgan fingerprint density at radius 3 is 2.47 bits per heavy atom. The van der Waals surface area contributed by atoms with E-state index in [-0.39, 0.29) is 18.5 Å². The van der Waals surface area contributed by atoms with Gasteiger partial charge in [-0.3, -0.25) is 4.79 Å². The molecule has 36 heavy (non-hydrogen) atoms. The highest BCUT2D eigenvalue weighted by atomic mass is 16.5. The minimum Gasteiger partial charge on any atom is -0.497 e. The van der Waals surface area contributed by atoms with E-state index in [0.717, 1.165) is 51.4 Å². The number of anilines is 1. The lowest BCUT2D eigenvalue weighted by Gasteiger charge is -2.32. The minimum atomic E-state index is -0.117. The lowest BCUT2D eigenvalue weighted by molar-refractivity contribution is -0.119. The summed E-state index contributed by atoms with van der Waals surface area (Å²) in [6, 6.07) is 22.1. The maximum atomic E-state index is 14.1. The van der Waals surface area contributed by atoms with Gasteiger partial charge in [0.05, 0.1) is 36.5 Å². The number of carbonyl (C=O) groups excluding carboxylic acids is 1. The van der Waals surface area contributed by atoms with Crippen molar-refractivity contribution in [2.75, 3.05) is 25.7 Å². The Labute approximate surface area is 213 Å². The van der Waals surface area contributed by atoms with Crippen molar-refractivity contribution in [3.8, 4) is 5.75 Å². The number of carbonyl (C=O) groups is 1. The van der Waals surface area contributed by atoms with Crippen LogP contribution >= 0.6 is 0 Å². The zero-order valence-corrected chi connectivity index (χ0v) is 21.8. The number of rotatable bonds is 10. The Hall–Kier alpha value is -3.64. The van der Waals surface area contributed by atoms with Gasteiger partial charge in [0.15, 0.2) is 0 Å². The van der Waals surface area contributed by atoms with Gasteiger partial charge in [0.25, 0.3) is 0 Å². The molecule has 1 atom stereocenters. The third kappa shape index (κ3) is 5.29. The summed E-state index contributed by atoms with van der Waals surface area (Å²) in [6.45, 7) is 6.87. The molecule has 0 bridgehead atoms. The summed E-state index contributed by atoms with van der Waals surface area (Å²) in [4.78, 5) is 20.9. The van der Waals surface area contributed by atoms with Gasteiger partial charge in [0.1, 0.15) is 18.1 Å². The van der Waals surface area contributed by atoms with Crippen LogP contribution in [0.4, 0.5) is 5.69 Å². The fourth-order valence-corrected chi connectivity index (χ4v) is 4.83. The molecule has 0 unspecified atom stereocenters. The molecule has 0 fully saturated rings. The van der Waals surface area contributed by atoms with Crippen molar-refractivity contribution in [2.24, 2.45) is 0 Å². The number of aryl methyl sites for hydroxylation is 2. The molecule has 0 radical (unpaired) electrons. The van der Waals surface area contributed by atoms with Gasteiger partial charge >= 0.3 is 0 Å². The molecule has 1 amide bonds. The smallest absolute Gasteiger partial charge is 0.247 e. The largest absolute Gasteiger partial charge is 0.497 e. The predicted molar refractivity (Wildman–Crippen MR) is 145 cm³/mol. The molecule has 0 saturated heterocycles. The number of hydrogen-bond donors (Lipinski definition) is 0. The van der Waals surface area contributed by atoms with Crippen LogP contribution < -0.4 is 9.64 Å². The Kier molecular flexibility index (Phi) is 8.06. The summed E-state index contributed by atoms with van der Waals surface area (Å²) in [5, 5.41) is 0. The Balaban J connectivity index is 1.74. The second kappa shape index (κ2) is 11.4. The average molecular weight is 486 g/mol. The highest BCUT2D eigenvalue weighted by Gasteiger charge is 2.27. The van der Waals surface area contributed by atoms with E-state index in [4.69, 9.17) is 14.5 Å². The third-order valence-electron chi connectivity index (χ3n) is 6.61. The number of methoxy groups -OCH3 is 2. The molecule has 4 aromatic rings. The van der Waals surface area contributed by atoms with Crippen LogP contribution in [0.25, 0.3) is 11.0 Å². The molecule has 188 valence electrons. The number of para-hydroxylation sites is 3. The first-order valence-corrected chi connectivity index (χ1v) is 12.4. The molecular weight excluding hydrogens is 450 g/mol. The summed E-state index contributed by atoms with van der Waals surface area (Å²) in [5.41, 5.74) is 6.16. The van der Waals surface area contributed by atoms with Crippen LogP contribution in [0.2, 0.25) is 0 Å². The number of ether oxygens (including phenoxy) is 2. The van der Waals surface area contributed by atoms with Crippen molar-refractivity contribution in [2.45, 2.75) is 46.2 Å². The zero-order chi connectivity index (χ0) is 25.7. The molecule has 3 aromatic carbocycles. The molecule has 1 heterocycles. The van der Waals surface area contributed by atoms with Crippen molar-refractivity contribution < 1.29 is 14.3 Å². The van der Waals surface area contributed by atoms with Crippen molar-refractivity contribution in [3.63, 3.8) is 0 Å². The van der Waals surface area contributed by atoms with E-state index in [0.29, 0.717) is 13.0 Å². The monoisotopic (exact) mass is 485 g/mol. The number of fused-ring (bicyclic) bond motifs is 1. The SMILES string of the molecule is CCc1cccc(C)c1N(C(=O)Cn1c(Cc2ccc(OC)cc2)nc2ccccc21)[C@@H](C)COC. The van der Waals surface area contributed by atoms with Crippen molar-refractivity contribution in [1.82, 2.24) is 9.55 Å². The standard InChI is InChI=1S/C30H35N3O3/c1-6-24-11-9-10-21(2)30(24)33(22(3)20-35-4)29(34)19-32-27-13-8-7-12-26(27)31-28(32)18-23-14-16-25(36-5)17-15-23/h7-17,22H,6,18-20H2,1-5H3/t22-/m0/s1. The lowest BCUT2D eigenvalue weighted by Crippen LogP contribution is -2.44. The number of amides is 1. The fraction of sp³-hybridized carbons (Fsp3) is 0.333. The van der Waals surface area contributed by atoms with Crippen molar-refractivity contribution >= 4 is 22.6 Å². The van der Waals surface area contributed by atoms with Crippen molar-refractivity contribution in [3.05, 3.63) is 89.2 Å². The molecule has 0 aliphatic rings. The number of nitrogens with zero attached hydrogens (tertiary/aromatic N) is 3. The van der Waals surface area contributed by atoms with Crippen LogP contribution in [0.1, 0.15) is 36.4 Å². The molecule has 0 aliphatic carbocycles. The molecule has 0 spiro atoms. The fourth-order valence-electron chi connectivity index (χ4n) is 4.83. The van der Waals surface area contributed by atoms with E-state index in [1.807, 2.05) is 60.4 Å². The van der Waals surface area contributed by atoms with E-state index < -0.39 is 0 Å². The van der Waals surface area contributed by atoms with Crippen LogP contribution in [0, 0.1) is 6.92 Å². The lowest BCUT2D eigenvalue weighted by atomic mass is 10.0. The average Bonchev–Trinajstić information content (AvgIpc) is 3.22. The quantitative estimate of drug-likeness (QED) is 0.294. The van der Waals surface area contributed by atoms with E-state index in [1.54, 1.807) is 14.2 Å². The molecule has 0 aliphatic heterocycles. The highest BCUT2D eigenvalue weighted by Crippen LogP contribution is 2.29. The number of aromatic nitrogens is 2. The molecule has 6 nitrogen and oxygen atoms in total. The van der Waals surface area contributed by atoms with Crippen LogP contribution in [-0.4, -0.2) is 42.3 Å². The van der Waals surface area contributed by atoms with Crippen LogP contribution in [0.3, 0.4) is 0 Å². The van der Waals surface area contributed by atoms with Gasteiger partial charge in [-0.25, -0.2) is 4.98 Å². The van der Waals surface area contributed by atoms with Gasteiger partial charge in [-0.05, 0) is 61.2 Å². The summed E-state index contributed by atoms with van der Waals surface area (Å²) < 4.78 is 12.8. The number of imidazole rings is 1. The Morgan fingerprint density at radius 1 is 1.03 bits per heavy atom. The maximum absolute atomic E-state index is 14.1. The molecular formula is C30H35N3O3. The van der Waals surface area contributed by atoms with Crippen LogP contribution in [-0.2, 0) is 28.9 Å². The normalized spacial score (nSPS) is 12.0. The zero-order valence-electron chi connectivity index (χ0n) is 21.8. The number of benzene rings is 3. The van der Waals surface area contributed by atoms with E-state index in [1.165, 1.54) is 0 Å². The van der Waals surface area contributed by atoms with Gasteiger partial charge in [-0.1, -0.05) is 49.4 Å². The van der Waals surface area contributed by atoms with Crippen LogP contribution in [0.5, 0.6) is 5.75 Å². The van der Waals surface area contributed by atoms with Crippen LogP contribution in [0.15, 0.2) is 66.7 Å². The van der Waals surface area contributed by atoms with Crippen molar-refractivity contribution in [1.29, 1.82) is 0 Å². The van der Waals surface area contributed by atoms with Gasteiger partial charge in [0.2, 0.25) is 5.91 Å². The summed E-state index contributed by atoms with van der Waals surface area (Å²) in [6.07, 6.45) is 1.46. The topological polar surface area (TPSA) is 56.6 Å². The Morgan fingerprint density at radius 2 is 1.78 bits per heavy atom. The molecule has 0 saturated carbocycles. The Bertz CT molecular complexity index is 1330. The number of hydrogen-bond acceptors (Lipinski definition) is 4. The summed E-state index contributed by atoms with van der Waals surface area (Å²) >= 11 is 0. The summed E-state index contributed by atoms with van der Waals surface area (Å²) in [5.74, 6) is 1.69. The second-order valence-electron chi connectivity index (χ2n) is 9.13. The van der Waals surface area contributed by atoms with E-state index in [9.17, 15) is 4.79 Å². The van der Waals surface area contributed by atoms with E-state index >= 15 is 0 Å². The molecule has 1 aromatic heterocycles. The maximum Gasteiger partial charge on any atom is 0.247 e. The first kappa shape index (κ1) is 25.5. The molecule has 0 N–H and O–H groups in total. The second-order valence-corrected chi connectivity index (χ2v) is 9.13. The van der Waals surface area contributed by atoms with Gasteiger partial charge in [-0.2, -0.15) is 0 Å².